The monoisotopic (exact) mass is 465 g/mol. The minimum Gasteiger partial charge on any atom is -0.495 e. The third-order valence-electron chi connectivity index (χ3n) is 6.01. The molecule has 0 unspecified atom stereocenters. The number of rotatable bonds is 9. The van der Waals surface area contributed by atoms with E-state index in [0.29, 0.717) is 24.3 Å². The second-order valence-corrected chi connectivity index (χ2v) is 11.2. The minimum atomic E-state index is -3.22. The zero-order valence-corrected chi connectivity index (χ0v) is 19.8. The molecule has 172 valence electrons. The molecule has 2 aromatic heterocycles. The van der Waals surface area contributed by atoms with Crippen LogP contribution in [0.1, 0.15) is 43.8 Å². The van der Waals surface area contributed by atoms with Crippen molar-refractivity contribution in [3.05, 3.63) is 72.1 Å². The molecule has 4 rings (SSSR count). The molecule has 2 heterocycles. The third kappa shape index (κ3) is 5.27. The first-order valence-electron chi connectivity index (χ1n) is 10.8. The van der Waals surface area contributed by atoms with E-state index in [-0.39, 0.29) is 29.0 Å². The van der Waals surface area contributed by atoms with E-state index in [4.69, 9.17) is 4.74 Å². The summed E-state index contributed by atoms with van der Waals surface area (Å²) in [5, 5.41) is -0.268. The second kappa shape index (κ2) is 9.02. The summed E-state index contributed by atoms with van der Waals surface area (Å²) in [4.78, 5) is 25.9. The Labute approximate surface area is 194 Å². The summed E-state index contributed by atoms with van der Waals surface area (Å²) in [6.45, 7) is 3.63. The fourth-order valence-electron chi connectivity index (χ4n) is 3.59. The molecule has 33 heavy (non-hydrogen) atoms. The van der Waals surface area contributed by atoms with Gasteiger partial charge in [0.2, 0.25) is 0 Å². The van der Waals surface area contributed by atoms with E-state index in [1.54, 1.807) is 25.6 Å². The molecule has 1 saturated carbocycles. The van der Waals surface area contributed by atoms with E-state index in [2.05, 4.69) is 15.0 Å². The summed E-state index contributed by atoms with van der Waals surface area (Å²) in [5.74, 6) is 0.739. The van der Waals surface area contributed by atoms with E-state index in [1.807, 2.05) is 44.2 Å². The number of ketones is 1. The highest BCUT2D eigenvalue weighted by Gasteiger charge is 2.37. The molecule has 0 atom stereocenters. The van der Waals surface area contributed by atoms with Crippen LogP contribution in [-0.4, -0.2) is 41.5 Å². The lowest BCUT2D eigenvalue weighted by Crippen LogP contribution is -2.32. The van der Waals surface area contributed by atoms with Crippen molar-refractivity contribution in [3.8, 4) is 16.9 Å². The molecular weight excluding hydrogens is 438 g/mol. The molecule has 0 bridgehead atoms. The normalized spacial score (nSPS) is 14.2. The molecule has 1 fully saturated rings. The van der Waals surface area contributed by atoms with Gasteiger partial charge in [-0.2, -0.15) is 0 Å². The van der Waals surface area contributed by atoms with Gasteiger partial charge in [0.15, 0.2) is 9.84 Å². The average Bonchev–Trinajstić information content (AvgIpc) is 3.66. The van der Waals surface area contributed by atoms with Crippen LogP contribution < -0.4 is 4.74 Å². The quantitative estimate of drug-likeness (QED) is 0.475. The number of carbonyl (C=O) groups excluding carboxylic acids is 1. The minimum absolute atomic E-state index is 0.00648. The van der Waals surface area contributed by atoms with Crippen molar-refractivity contribution in [1.82, 2.24) is 15.0 Å². The number of Topliss-reactive ketones (excluding diaryl/α,β-unsaturated/α-hetero) is 1. The van der Waals surface area contributed by atoms with E-state index in [9.17, 15) is 13.2 Å². The van der Waals surface area contributed by atoms with Crippen molar-refractivity contribution in [2.24, 2.45) is 0 Å². The lowest BCUT2D eigenvalue weighted by molar-refractivity contribution is -0.122. The van der Waals surface area contributed by atoms with Crippen LogP contribution in [0.5, 0.6) is 5.75 Å². The number of aromatic nitrogens is 3. The standard InChI is InChI=1S/C25H27N3O4S/c1-25(2,22-10-11-27-24(28-22)16-33(30,31)21-8-9-21)23(29)12-17-4-6-18(7-5-17)19-13-20(32-3)15-26-14-19/h4-7,10-11,13-15,21H,8-9,12,16H2,1-3H3. The van der Waals surface area contributed by atoms with Crippen LogP contribution >= 0.6 is 0 Å². The molecule has 7 nitrogen and oxygen atoms in total. The van der Waals surface area contributed by atoms with Crippen LogP contribution in [0.25, 0.3) is 11.1 Å². The van der Waals surface area contributed by atoms with Crippen LogP contribution in [0, 0.1) is 0 Å². The van der Waals surface area contributed by atoms with Gasteiger partial charge in [-0.25, -0.2) is 18.4 Å². The summed E-state index contributed by atoms with van der Waals surface area (Å²) < 4.78 is 29.8. The maximum atomic E-state index is 13.2. The van der Waals surface area contributed by atoms with Crippen molar-refractivity contribution in [3.63, 3.8) is 0 Å². The highest BCUT2D eigenvalue weighted by molar-refractivity contribution is 7.91. The highest BCUT2D eigenvalue weighted by atomic mass is 32.2. The molecule has 1 aliphatic carbocycles. The molecule has 0 aliphatic heterocycles. The molecule has 0 radical (unpaired) electrons. The molecule has 1 aromatic carbocycles. The number of nitrogens with zero attached hydrogens (tertiary/aromatic N) is 3. The lowest BCUT2D eigenvalue weighted by atomic mass is 9.81. The molecule has 0 saturated heterocycles. The van der Waals surface area contributed by atoms with Gasteiger partial charge in [-0.15, -0.1) is 0 Å². The number of sulfone groups is 1. The van der Waals surface area contributed by atoms with Crippen molar-refractivity contribution in [2.45, 2.75) is 49.5 Å². The van der Waals surface area contributed by atoms with Crippen molar-refractivity contribution < 1.29 is 17.9 Å². The molecule has 0 N–H and O–H groups in total. The van der Waals surface area contributed by atoms with Crippen LogP contribution in [0.15, 0.2) is 55.0 Å². The van der Waals surface area contributed by atoms with Gasteiger partial charge in [0.1, 0.15) is 23.1 Å². The van der Waals surface area contributed by atoms with Gasteiger partial charge in [-0.3, -0.25) is 9.78 Å². The Balaban J connectivity index is 1.48. The number of methoxy groups -OCH3 is 1. The van der Waals surface area contributed by atoms with Crippen LogP contribution in [0.3, 0.4) is 0 Å². The molecule has 0 spiro atoms. The van der Waals surface area contributed by atoms with Gasteiger partial charge < -0.3 is 4.74 Å². The summed E-state index contributed by atoms with van der Waals surface area (Å²) in [5.41, 5.74) is 2.45. The van der Waals surface area contributed by atoms with Gasteiger partial charge in [0, 0.05) is 24.4 Å². The molecule has 1 aliphatic rings. The van der Waals surface area contributed by atoms with Gasteiger partial charge in [0.05, 0.1) is 29.7 Å². The highest BCUT2D eigenvalue weighted by Crippen LogP contribution is 2.31. The zero-order valence-electron chi connectivity index (χ0n) is 19.0. The number of pyridine rings is 1. The van der Waals surface area contributed by atoms with Crippen molar-refractivity contribution in [2.75, 3.05) is 7.11 Å². The SMILES string of the molecule is COc1cncc(-c2ccc(CC(=O)C(C)(C)c3ccnc(CS(=O)(=O)C4CC4)n3)cc2)c1. The Hall–Kier alpha value is -3.13. The maximum Gasteiger partial charge on any atom is 0.160 e. The number of ether oxygens (including phenoxy) is 1. The maximum absolute atomic E-state index is 13.2. The van der Waals surface area contributed by atoms with E-state index in [0.717, 1.165) is 16.7 Å². The summed E-state index contributed by atoms with van der Waals surface area (Å²) in [6, 6.07) is 11.4. The smallest absolute Gasteiger partial charge is 0.160 e. The van der Waals surface area contributed by atoms with Gasteiger partial charge in [-0.1, -0.05) is 24.3 Å². The van der Waals surface area contributed by atoms with Gasteiger partial charge in [0.25, 0.3) is 0 Å². The van der Waals surface area contributed by atoms with E-state index in [1.165, 1.54) is 6.20 Å². The van der Waals surface area contributed by atoms with E-state index < -0.39 is 15.3 Å². The second-order valence-electron chi connectivity index (χ2n) is 8.90. The summed E-state index contributed by atoms with van der Waals surface area (Å²) >= 11 is 0. The predicted molar refractivity (Wildman–Crippen MR) is 126 cm³/mol. The third-order valence-corrected chi connectivity index (χ3v) is 8.15. The van der Waals surface area contributed by atoms with Crippen molar-refractivity contribution >= 4 is 15.6 Å². The molecule has 3 aromatic rings. The molecule has 8 heteroatoms. The Bertz CT molecular complexity index is 1270. The number of hydrogen-bond acceptors (Lipinski definition) is 7. The fourth-order valence-corrected chi connectivity index (χ4v) is 5.18. The molecular formula is C25H27N3O4S. The number of hydrogen-bond donors (Lipinski definition) is 0. The Morgan fingerprint density at radius 3 is 2.48 bits per heavy atom. The average molecular weight is 466 g/mol. The largest absolute Gasteiger partial charge is 0.495 e. The zero-order chi connectivity index (χ0) is 23.6. The van der Waals surface area contributed by atoms with Crippen LogP contribution in [0.4, 0.5) is 0 Å². The summed E-state index contributed by atoms with van der Waals surface area (Å²) in [7, 11) is -1.62. The Morgan fingerprint density at radius 1 is 1.09 bits per heavy atom. The predicted octanol–water partition coefficient (Wildman–Crippen LogP) is 3.71. The topological polar surface area (TPSA) is 99.1 Å². The summed E-state index contributed by atoms with van der Waals surface area (Å²) in [6.07, 6.45) is 6.61. The Morgan fingerprint density at radius 2 is 1.82 bits per heavy atom. The lowest BCUT2D eigenvalue weighted by Gasteiger charge is -2.23. The van der Waals surface area contributed by atoms with E-state index >= 15 is 0 Å². The first-order chi connectivity index (χ1) is 15.7. The van der Waals surface area contributed by atoms with Crippen LogP contribution in [0.2, 0.25) is 0 Å². The first-order valence-corrected chi connectivity index (χ1v) is 12.6. The van der Waals surface area contributed by atoms with Gasteiger partial charge in [-0.05, 0) is 49.9 Å². The van der Waals surface area contributed by atoms with Gasteiger partial charge >= 0.3 is 0 Å². The number of carbonyl (C=O) groups is 1. The fraction of sp³-hybridized carbons (Fsp3) is 0.360. The first kappa shape index (κ1) is 23.0. The number of benzene rings is 1. The van der Waals surface area contributed by atoms with Crippen molar-refractivity contribution in [1.29, 1.82) is 0 Å². The van der Waals surface area contributed by atoms with Crippen LogP contribution in [-0.2, 0) is 32.2 Å². The Kier molecular flexibility index (Phi) is 6.30. The molecule has 0 amide bonds.